The first kappa shape index (κ1) is 14.4. The van der Waals surface area contributed by atoms with Crippen LogP contribution >= 0.6 is 11.8 Å². The van der Waals surface area contributed by atoms with Crippen molar-refractivity contribution in [2.75, 3.05) is 24.6 Å². The molecule has 0 atom stereocenters. The van der Waals surface area contributed by atoms with Crippen LogP contribution in [0.2, 0.25) is 0 Å². The summed E-state index contributed by atoms with van der Waals surface area (Å²) < 4.78 is 14.0. The molecule has 4 heteroatoms. The third-order valence-corrected chi connectivity index (χ3v) is 5.04. The predicted molar refractivity (Wildman–Crippen MR) is 83.5 cm³/mol. The Bertz CT molecular complexity index is 440. The van der Waals surface area contributed by atoms with Gasteiger partial charge in [-0.2, -0.15) is 11.8 Å². The van der Waals surface area contributed by atoms with Crippen LogP contribution < -0.4 is 5.32 Å². The van der Waals surface area contributed by atoms with Crippen LogP contribution in [0.1, 0.15) is 30.4 Å². The number of nitrogens with zero attached hydrogens (tertiary/aromatic N) is 1. The van der Waals surface area contributed by atoms with Crippen LogP contribution in [0.25, 0.3) is 0 Å². The Morgan fingerprint density at radius 2 is 2.15 bits per heavy atom. The third-order valence-electron chi connectivity index (χ3n) is 3.99. The fraction of sp³-hybridized carbons (Fsp3) is 0.625. The van der Waals surface area contributed by atoms with E-state index in [0.29, 0.717) is 6.04 Å². The van der Waals surface area contributed by atoms with E-state index in [0.717, 1.165) is 31.7 Å². The Labute approximate surface area is 125 Å². The van der Waals surface area contributed by atoms with Crippen molar-refractivity contribution < 1.29 is 4.39 Å². The normalized spacial score (nSPS) is 20.9. The highest BCUT2D eigenvalue weighted by Gasteiger charge is 2.20. The Morgan fingerprint density at radius 3 is 3.00 bits per heavy atom. The highest BCUT2D eigenvalue weighted by atomic mass is 32.2. The lowest BCUT2D eigenvalue weighted by Gasteiger charge is -2.20. The molecule has 0 radical (unpaired) electrons. The average molecular weight is 294 g/mol. The molecular weight excluding hydrogens is 271 g/mol. The molecule has 1 aromatic rings. The first-order chi connectivity index (χ1) is 9.81. The van der Waals surface area contributed by atoms with Crippen molar-refractivity contribution in [3.05, 3.63) is 35.1 Å². The van der Waals surface area contributed by atoms with Gasteiger partial charge in [0.05, 0.1) is 0 Å². The van der Waals surface area contributed by atoms with Gasteiger partial charge in [0, 0.05) is 37.0 Å². The summed E-state index contributed by atoms with van der Waals surface area (Å²) in [7, 11) is 0. The van der Waals surface area contributed by atoms with Crippen molar-refractivity contribution >= 4 is 11.8 Å². The summed E-state index contributed by atoms with van der Waals surface area (Å²) in [5.41, 5.74) is 2.06. The number of benzene rings is 1. The summed E-state index contributed by atoms with van der Waals surface area (Å²) in [4.78, 5) is 2.39. The third kappa shape index (κ3) is 4.21. The topological polar surface area (TPSA) is 15.3 Å². The number of hydrogen-bond donors (Lipinski definition) is 1. The molecule has 1 aromatic carbocycles. The Kier molecular flexibility index (Phi) is 4.97. The summed E-state index contributed by atoms with van der Waals surface area (Å²) in [5, 5.41) is 3.49. The molecule has 20 heavy (non-hydrogen) atoms. The minimum Gasteiger partial charge on any atom is -0.310 e. The van der Waals surface area contributed by atoms with Gasteiger partial charge in [-0.1, -0.05) is 12.1 Å². The van der Waals surface area contributed by atoms with E-state index in [1.165, 1.54) is 36.3 Å². The second-order valence-corrected chi connectivity index (χ2v) is 7.05. The molecule has 0 unspecified atom stereocenters. The van der Waals surface area contributed by atoms with Crippen LogP contribution in [0.3, 0.4) is 0 Å². The first-order valence-corrected chi connectivity index (χ1v) is 8.77. The number of hydrogen-bond acceptors (Lipinski definition) is 3. The Balaban J connectivity index is 1.62. The largest absolute Gasteiger partial charge is 0.310 e. The molecule has 0 aromatic heterocycles. The van der Waals surface area contributed by atoms with Gasteiger partial charge in [0.1, 0.15) is 5.82 Å². The lowest BCUT2D eigenvalue weighted by molar-refractivity contribution is 0.283. The predicted octanol–water partition coefficient (Wildman–Crippen LogP) is 3.02. The maximum atomic E-state index is 14.0. The molecule has 1 saturated carbocycles. The minimum atomic E-state index is -0.0583. The molecule has 1 heterocycles. The minimum absolute atomic E-state index is 0.0583. The summed E-state index contributed by atoms with van der Waals surface area (Å²) in [6.07, 6.45) is 3.80. The van der Waals surface area contributed by atoms with E-state index in [-0.39, 0.29) is 5.82 Å². The average Bonchev–Trinajstić information content (AvgIpc) is 3.27. The zero-order valence-electron chi connectivity index (χ0n) is 11.9. The Hall–Kier alpha value is -0.580. The number of rotatable bonds is 5. The molecule has 1 aliphatic carbocycles. The Morgan fingerprint density at radius 1 is 1.25 bits per heavy atom. The van der Waals surface area contributed by atoms with E-state index < -0.39 is 0 Å². The van der Waals surface area contributed by atoms with Crippen molar-refractivity contribution in [2.24, 2.45) is 0 Å². The van der Waals surface area contributed by atoms with Gasteiger partial charge < -0.3 is 5.32 Å². The van der Waals surface area contributed by atoms with Crippen LogP contribution in [0.4, 0.5) is 4.39 Å². The maximum absolute atomic E-state index is 14.0. The molecule has 0 bridgehead atoms. The van der Waals surface area contributed by atoms with Gasteiger partial charge in [-0.15, -0.1) is 0 Å². The molecule has 110 valence electrons. The van der Waals surface area contributed by atoms with Crippen LogP contribution in [-0.4, -0.2) is 35.5 Å². The molecule has 3 rings (SSSR count). The standard InChI is InChI=1S/C16H23FN2S/c17-16-5-2-13(11-18-15-3-4-15)10-14(16)12-19-6-1-8-20-9-7-19/h2,5,10,15,18H,1,3-4,6-9,11-12H2. The maximum Gasteiger partial charge on any atom is 0.127 e. The van der Waals surface area contributed by atoms with Gasteiger partial charge in [0.15, 0.2) is 0 Å². The van der Waals surface area contributed by atoms with Crippen LogP contribution in [-0.2, 0) is 13.1 Å². The van der Waals surface area contributed by atoms with Crippen molar-refractivity contribution in [2.45, 2.75) is 38.4 Å². The number of thioether (sulfide) groups is 1. The monoisotopic (exact) mass is 294 g/mol. The fourth-order valence-corrected chi connectivity index (χ4v) is 3.53. The second-order valence-electron chi connectivity index (χ2n) is 5.82. The van der Waals surface area contributed by atoms with Gasteiger partial charge >= 0.3 is 0 Å². The molecule has 1 aliphatic heterocycles. The summed E-state index contributed by atoms with van der Waals surface area (Å²) in [6, 6.07) is 6.28. The van der Waals surface area contributed by atoms with E-state index in [1.54, 1.807) is 6.07 Å². The van der Waals surface area contributed by atoms with Gasteiger partial charge in [0.25, 0.3) is 0 Å². The smallest absolute Gasteiger partial charge is 0.127 e. The molecule has 2 fully saturated rings. The van der Waals surface area contributed by atoms with Gasteiger partial charge in [0.2, 0.25) is 0 Å². The van der Waals surface area contributed by atoms with Gasteiger partial charge in [-0.05, 0) is 43.2 Å². The van der Waals surface area contributed by atoms with Crippen molar-refractivity contribution in [3.63, 3.8) is 0 Å². The van der Waals surface area contributed by atoms with Gasteiger partial charge in [-0.25, -0.2) is 4.39 Å². The quantitative estimate of drug-likeness (QED) is 0.898. The highest BCUT2D eigenvalue weighted by molar-refractivity contribution is 7.99. The molecule has 1 N–H and O–H groups in total. The van der Waals surface area contributed by atoms with E-state index in [2.05, 4.69) is 10.2 Å². The molecular formula is C16H23FN2S. The van der Waals surface area contributed by atoms with E-state index in [1.807, 2.05) is 23.9 Å². The molecule has 0 spiro atoms. The summed E-state index contributed by atoms with van der Waals surface area (Å²) in [5.74, 6) is 2.35. The zero-order valence-corrected chi connectivity index (χ0v) is 12.7. The fourth-order valence-electron chi connectivity index (χ4n) is 2.61. The second kappa shape index (κ2) is 6.92. The van der Waals surface area contributed by atoms with Crippen LogP contribution in [0, 0.1) is 5.82 Å². The van der Waals surface area contributed by atoms with Crippen LogP contribution in [0.15, 0.2) is 18.2 Å². The SMILES string of the molecule is Fc1ccc(CNC2CC2)cc1CN1CCCSCC1. The van der Waals surface area contributed by atoms with Crippen molar-refractivity contribution in [3.8, 4) is 0 Å². The molecule has 2 aliphatic rings. The lowest BCUT2D eigenvalue weighted by atomic mass is 10.1. The van der Waals surface area contributed by atoms with Gasteiger partial charge in [-0.3, -0.25) is 4.90 Å². The van der Waals surface area contributed by atoms with Crippen molar-refractivity contribution in [1.29, 1.82) is 0 Å². The lowest BCUT2D eigenvalue weighted by Crippen LogP contribution is -2.26. The molecule has 0 amide bonds. The van der Waals surface area contributed by atoms with E-state index in [4.69, 9.17) is 0 Å². The number of nitrogens with one attached hydrogen (secondary N) is 1. The summed E-state index contributed by atoms with van der Waals surface area (Å²) in [6.45, 7) is 3.79. The first-order valence-electron chi connectivity index (χ1n) is 7.62. The van der Waals surface area contributed by atoms with E-state index in [9.17, 15) is 4.39 Å². The van der Waals surface area contributed by atoms with Crippen LogP contribution in [0.5, 0.6) is 0 Å². The number of halogens is 1. The zero-order chi connectivity index (χ0) is 13.8. The van der Waals surface area contributed by atoms with Crippen molar-refractivity contribution in [1.82, 2.24) is 10.2 Å². The van der Waals surface area contributed by atoms with E-state index >= 15 is 0 Å². The highest BCUT2D eigenvalue weighted by Crippen LogP contribution is 2.20. The molecule has 2 nitrogen and oxygen atoms in total. The summed E-state index contributed by atoms with van der Waals surface area (Å²) >= 11 is 2.01. The molecule has 1 saturated heterocycles.